The van der Waals surface area contributed by atoms with Gasteiger partial charge in [0.1, 0.15) is 5.84 Å². The number of pyridine rings is 1. The molecular formula is C16H26N4. The summed E-state index contributed by atoms with van der Waals surface area (Å²) in [6.07, 6.45) is 3.62. The van der Waals surface area contributed by atoms with Crippen LogP contribution in [0, 0.1) is 24.7 Å². The molecule has 4 nitrogen and oxygen atoms in total. The molecule has 1 fully saturated rings. The molecule has 4 heteroatoms. The molecule has 1 aromatic rings. The Morgan fingerprint density at radius 3 is 2.50 bits per heavy atom. The van der Waals surface area contributed by atoms with Crippen LogP contribution in [0.15, 0.2) is 6.07 Å². The van der Waals surface area contributed by atoms with Gasteiger partial charge >= 0.3 is 0 Å². The Balaban J connectivity index is 2.32. The Bertz CT molecular complexity index is 513. The fourth-order valence-electron chi connectivity index (χ4n) is 3.03. The summed E-state index contributed by atoms with van der Waals surface area (Å²) in [6, 6.07) is 2.07. The summed E-state index contributed by atoms with van der Waals surface area (Å²) in [4.78, 5) is 6.82. The lowest BCUT2D eigenvalue weighted by Gasteiger charge is -2.40. The van der Waals surface area contributed by atoms with Crippen LogP contribution in [0.4, 0.5) is 5.69 Å². The van der Waals surface area contributed by atoms with Gasteiger partial charge in [-0.1, -0.05) is 20.3 Å². The van der Waals surface area contributed by atoms with Gasteiger partial charge in [0.2, 0.25) is 0 Å². The topological polar surface area (TPSA) is 66.0 Å². The smallest absolute Gasteiger partial charge is 0.126 e. The van der Waals surface area contributed by atoms with Gasteiger partial charge in [0.15, 0.2) is 0 Å². The van der Waals surface area contributed by atoms with E-state index in [4.69, 9.17) is 11.1 Å². The maximum atomic E-state index is 7.83. The van der Waals surface area contributed by atoms with Crippen LogP contribution in [-0.4, -0.2) is 23.9 Å². The number of amidine groups is 1. The van der Waals surface area contributed by atoms with Crippen molar-refractivity contribution in [2.45, 2.75) is 47.0 Å². The third kappa shape index (κ3) is 2.79. The second-order valence-corrected chi connectivity index (χ2v) is 6.31. The van der Waals surface area contributed by atoms with Crippen molar-refractivity contribution in [3.8, 4) is 0 Å². The van der Waals surface area contributed by atoms with Gasteiger partial charge < -0.3 is 10.6 Å². The van der Waals surface area contributed by atoms with Crippen molar-refractivity contribution >= 4 is 11.5 Å². The summed E-state index contributed by atoms with van der Waals surface area (Å²) >= 11 is 0. The molecule has 0 aromatic carbocycles. The Kier molecular flexibility index (Phi) is 4.02. The lowest BCUT2D eigenvalue weighted by atomic mass is 9.78. The molecule has 0 saturated carbocycles. The number of hydrogen-bond donors (Lipinski definition) is 2. The quantitative estimate of drug-likeness (QED) is 0.658. The van der Waals surface area contributed by atoms with E-state index in [-0.39, 0.29) is 5.84 Å². The summed E-state index contributed by atoms with van der Waals surface area (Å²) in [6.45, 7) is 10.7. The van der Waals surface area contributed by atoms with Crippen LogP contribution in [0.2, 0.25) is 0 Å². The van der Waals surface area contributed by atoms with E-state index in [1.807, 2.05) is 13.8 Å². The minimum absolute atomic E-state index is 0.119. The molecule has 1 aliphatic heterocycles. The third-order valence-electron chi connectivity index (χ3n) is 4.74. The van der Waals surface area contributed by atoms with Crippen molar-refractivity contribution in [1.29, 1.82) is 5.41 Å². The van der Waals surface area contributed by atoms with Crippen molar-refractivity contribution in [2.24, 2.45) is 11.1 Å². The first-order valence-electron chi connectivity index (χ1n) is 7.44. The minimum Gasteiger partial charge on any atom is -0.384 e. The molecule has 0 bridgehead atoms. The molecule has 20 heavy (non-hydrogen) atoms. The zero-order valence-corrected chi connectivity index (χ0v) is 13.1. The number of nitrogen functional groups attached to an aromatic ring is 1. The lowest BCUT2D eigenvalue weighted by Crippen LogP contribution is -2.39. The van der Waals surface area contributed by atoms with Gasteiger partial charge in [-0.3, -0.25) is 10.4 Å². The van der Waals surface area contributed by atoms with Crippen LogP contribution >= 0.6 is 0 Å². The van der Waals surface area contributed by atoms with E-state index in [9.17, 15) is 0 Å². The Morgan fingerprint density at radius 2 is 2.00 bits per heavy atom. The monoisotopic (exact) mass is 274 g/mol. The number of nitrogens with zero attached hydrogens (tertiary/aromatic N) is 2. The summed E-state index contributed by atoms with van der Waals surface area (Å²) in [5.74, 6) is 0.119. The van der Waals surface area contributed by atoms with Crippen LogP contribution in [0.25, 0.3) is 0 Å². The first kappa shape index (κ1) is 14.8. The lowest BCUT2D eigenvalue weighted by molar-refractivity contribution is 0.238. The van der Waals surface area contributed by atoms with E-state index in [0.29, 0.717) is 5.41 Å². The first-order chi connectivity index (χ1) is 9.36. The number of nitrogens with two attached hydrogens (primary N) is 1. The minimum atomic E-state index is 0.119. The average molecular weight is 274 g/mol. The average Bonchev–Trinajstić information content (AvgIpc) is 2.38. The van der Waals surface area contributed by atoms with E-state index < -0.39 is 0 Å². The molecule has 3 N–H and O–H groups in total. The maximum Gasteiger partial charge on any atom is 0.126 e. The predicted molar refractivity (Wildman–Crippen MR) is 84.6 cm³/mol. The molecule has 0 spiro atoms. The van der Waals surface area contributed by atoms with Crippen LogP contribution in [0.1, 0.15) is 50.1 Å². The van der Waals surface area contributed by atoms with Crippen molar-refractivity contribution in [2.75, 3.05) is 18.0 Å². The molecule has 110 valence electrons. The van der Waals surface area contributed by atoms with Crippen LogP contribution in [0.3, 0.4) is 0 Å². The number of aromatic nitrogens is 1. The number of piperidine rings is 1. The van der Waals surface area contributed by atoms with Crippen LogP contribution in [-0.2, 0) is 0 Å². The summed E-state index contributed by atoms with van der Waals surface area (Å²) in [5.41, 5.74) is 9.97. The molecular weight excluding hydrogens is 248 g/mol. The van der Waals surface area contributed by atoms with Crippen molar-refractivity contribution in [1.82, 2.24) is 4.98 Å². The molecule has 0 unspecified atom stereocenters. The van der Waals surface area contributed by atoms with Gasteiger partial charge in [-0.15, -0.1) is 0 Å². The normalized spacial score (nSPS) is 18.1. The molecule has 1 aromatic heterocycles. The number of nitrogens with one attached hydrogen (secondary N) is 1. The largest absolute Gasteiger partial charge is 0.384 e. The highest BCUT2D eigenvalue weighted by molar-refractivity contribution is 6.01. The second kappa shape index (κ2) is 5.43. The second-order valence-electron chi connectivity index (χ2n) is 6.31. The van der Waals surface area contributed by atoms with E-state index in [2.05, 4.69) is 29.8 Å². The molecule has 0 radical (unpaired) electrons. The van der Waals surface area contributed by atoms with E-state index in [1.54, 1.807) is 0 Å². The van der Waals surface area contributed by atoms with Crippen molar-refractivity contribution in [3.63, 3.8) is 0 Å². The molecule has 0 atom stereocenters. The first-order valence-corrected chi connectivity index (χ1v) is 7.44. The molecule has 2 heterocycles. The van der Waals surface area contributed by atoms with Crippen molar-refractivity contribution < 1.29 is 0 Å². The van der Waals surface area contributed by atoms with Crippen molar-refractivity contribution in [3.05, 3.63) is 23.0 Å². The number of anilines is 1. The number of rotatable bonds is 3. The van der Waals surface area contributed by atoms with E-state index in [0.717, 1.165) is 35.7 Å². The summed E-state index contributed by atoms with van der Waals surface area (Å²) in [7, 11) is 0. The molecule has 0 amide bonds. The fourth-order valence-corrected chi connectivity index (χ4v) is 3.03. The van der Waals surface area contributed by atoms with Crippen LogP contribution < -0.4 is 10.6 Å². The fraction of sp³-hybridized carbons (Fsp3) is 0.625. The predicted octanol–water partition coefficient (Wildman–Crippen LogP) is 3.00. The molecule has 2 rings (SSSR count). The third-order valence-corrected chi connectivity index (χ3v) is 4.74. The van der Waals surface area contributed by atoms with Gasteiger partial charge in [0, 0.05) is 18.8 Å². The molecule has 1 saturated heterocycles. The summed E-state index contributed by atoms with van der Waals surface area (Å²) < 4.78 is 0. The molecule has 0 aliphatic carbocycles. The van der Waals surface area contributed by atoms with Gasteiger partial charge in [0.25, 0.3) is 0 Å². The highest BCUT2D eigenvalue weighted by Gasteiger charge is 2.29. The Morgan fingerprint density at radius 1 is 1.40 bits per heavy atom. The zero-order valence-electron chi connectivity index (χ0n) is 13.1. The van der Waals surface area contributed by atoms with Gasteiger partial charge in [-0.2, -0.15) is 0 Å². The van der Waals surface area contributed by atoms with Gasteiger partial charge in [-0.25, -0.2) is 0 Å². The van der Waals surface area contributed by atoms with Gasteiger partial charge in [0.05, 0.1) is 16.9 Å². The zero-order chi connectivity index (χ0) is 14.9. The Labute approximate surface area is 121 Å². The Hall–Kier alpha value is -1.58. The van der Waals surface area contributed by atoms with Gasteiger partial charge in [-0.05, 0) is 38.2 Å². The van der Waals surface area contributed by atoms with E-state index >= 15 is 0 Å². The maximum absolute atomic E-state index is 7.83. The summed E-state index contributed by atoms with van der Waals surface area (Å²) in [5, 5.41) is 7.83. The molecule has 1 aliphatic rings. The number of aryl methyl sites for hydroxylation is 2. The van der Waals surface area contributed by atoms with Crippen LogP contribution in [0.5, 0.6) is 0 Å². The standard InChI is InChI=1S/C16H26N4/c1-5-16(4)6-8-20(9-7-16)13-10-11(2)19-12(3)14(13)15(17)18/h10H,5-9H2,1-4H3,(H3,17,18). The van der Waals surface area contributed by atoms with E-state index in [1.165, 1.54) is 19.3 Å². The number of hydrogen-bond acceptors (Lipinski definition) is 3. The highest BCUT2D eigenvalue weighted by Crippen LogP contribution is 2.36. The SMILES string of the molecule is CCC1(C)CCN(c2cc(C)nc(C)c2C(=N)N)CC1. The highest BCUT2D eigenvalue weighted by atomic mass is 15.1.